The van der Waals surface area contributed by atoms with Crippen LogP contribution in [0, 0.1) is 13.8 Å². The van der Waals surface area contributed by atoms with E-state index in [1.807, 2.05) is 0 Å². The fourth-order valence-electron chi connectivity index (χ4n) is 3.73. The van der Waals surface area contributed by atoms with Gasteiger partial charge in [-0.25, -0.2) is 9.97 Å². The summed E-state index contributed by atoms with van der Waals surface area (Å²) in [7, 11) is 0. The van der Waals surface area contributed by atoms with Gasteiger partial charge in [-0.15, -0.1) is 0 Å². The maximum Gasteiger partial charge on any atom is 0.145 e. The summed E-state index contributed by atoms with van der Waals surface area (Å²) in [6.45, 7) is 9.36. The number of hydrogen-bond acceptors (Lipinski definition) is 4. The van der Waals surface area contributed by atoms with Crippen LogP contribution in [0.4, 0.5) is 5.82 Å². The number of nitrogens with zero attached hydrogens (tertiary/aromatic N) is 4. The van der Waals surface area contributed by atoms with Crippen LogP contribution in [-0.4, -0.2) is 40.7 Å². The molecule has 2 aromatic heterocycles. The zero-order valence-corrected chi connectivity index (χ0v) is 15.0. The van der Waals surface area contributed by atoms with Crippen molar-refractivity contribution in [3.05, 3.63) is 53.5 Å². The SMILES string of the molecule is Cc1c(C)n(CCc2ccccc2)c2ncnc(N3CCNCC3)c12. The minimum absolute atomic E-state index is 0.943. The second kappa shape index (κ2) is 6.84. The Hall–Kier alpha value is -2.40. The third-order valence-electron chi connectivity index (χ3n) is 5.27. The summed E-state index contributed by atoms with van der Waals surface area (Å²) >= 11 is 0. The molecule has 5 nitrogen and oxygen atoms in total. The number of aromatic nitrogens is 3. The van der Waals surface area contributed by atoms with E-state index in [0.29, 0.717) is 0 Å². The summed E-state index contributed by atoms with van der Waals surface area (Å²) in [5, 5.41) is 4.63. The number of anilines is 1. The van der Waals surface area contributed by atoms with Crippen LogP contribution in [0.3, 0.4) is 0 Å². The highest BCUT2D eigenvalue weighted by atomic mass is 15.2. The predicted octanol–water partition coefficient (Wildman–Crippen LogP) is 2.70. The lowest BCUT2D eigenvalue weighted by Gasteiger charge is -2.28. The first-order chi connectivity index (χ1) is 12.3. The topological polar surface area (TPSA) is 46.0 Å². The van der Waals surface area contributed by atoms with Gasteiger partial charge >= 0.3 is 0 Å². The van der Waals surface area contributed by atoms with Gasteiger partial charge in [0.05, 0.1) is 5.39 Å². The Kier molecular flexibility index (Phi) is 4.40. The number of nitrogens with one attached hydrogen (secondary N) is 1. The zero-order chi connectivity index (χ0) is 17.2. The average molecular weight is 335 g/mol. The second-order valence-electron chi connectivity index (χ2n) is 6.73. The lowest BCUT2D eigenvalue weighted by Crippen LogP contribution is -2.44. The van der Waals surface area contributed by atoms with Gasteiger partial charge in [0.2, 0.25) is 0 Å². The van der Waals surface area contributed by atoms with Crippen LogP contribution >= 0.6 is 0 Å². The zero-order valence-electron chi connectivity index (χ0n) is 15.0. The number of benzene rings is 1. The molecule has 0 spiro atoms. The van der Waals surface area contributed by atoms with Crippen molar-refractivity contribution >= 4 is 16.9 Å². The van der Waals surface area contributed by atoms with Crippen molar-refractivity contribution in [2.75, 3.05) is 31.1 Å². The van der Waals surface area contributed by atoms with Crippen LogP contribution in [0.5, 0.6) is 0 Å². The number of rotatable bonds is 4. The maximum atomic E-state index is 4.64. The van der Waals surface area contributed by atoms with Crippen molar-refractivity contribution in [3.63, 3.8) is 0 Å². The minimum Gasteiger partial charge on any atom is -0.353 e. The normalized spacial score (nSPS) is 15.0. The maximum absolute atomic E-state index is 4.64. The van der Waals surface area contributed by atoms with Crippen molar-refractivity contribution in [2.24, 2.45) is 0 Å². The summed E-state index contributed by atoms with van der Waals surface area (Å²) in [6, 6.07) is 10.7. The highest BCUT2D eigenvalue weighted by molar-refractivity contribution is 5.92. The molecular weight excluding hydrogens is 310 g/mol. The van der Waals surface area contributed by atoms with E-state index in [-0.39, 0.29) is 0 Å². The summed E-state index contributed by atoms with van der Waals surface area (Å²) in [4.78, 5) is 11.7. The molecule has 0 amide bonds. The largest absolute Gasteiger partial charge is 0.353 e. The Balaban J connectivity index is 1.71. The smallest absolute Gasteiger partial charge is 0.145 e. The molecule has 1 aliphatic heterocycles. The standard InChI is InChI=1S/C20H25N5/c1-15-16(2)25(11-8-17-6-4-3-5-7-17)20-18(15)19(22-14-23-20)24-12-9-21-10-13-24/h3-7,14,21H,8-13H2,1-2H3. The van der Waals surface area contributed by atoms with Crippen molar-refractivity contribution in [2.45, 2.75) is 26.8 Å². The summed E-state index contributed by atoms with van der Waals surface area (Å²) in [5.74, 6) is 1.09. The highest BCUT2D eigenvalue weighted by Crippen LogP contribution is 2.31. The van der Waals surface area contributed by atoms with E-state index in [4.69, 9.17) is 0 Å². The lowest BCUT2D eigenvalue weighted by atomic mass is 10.1. The van der Waals surface area contributed by atoms with Gasteiger partial charge < -0.3 is 14.8 Å². The molecule has 4 rings (SSSR count). The van der Waals surface area contributed by atoms with Gasteiger partial charge in [0.1, 0.15) is 17.8 Å². The molecular formula is C20H25N5. The molecule has 0 atom stereocenters. The molecule has 5 heteroatoms. The van der Waals surface area contributed by atoms with Crippen LogP contribution < -0.4 is 10.2 Å². The Bertz CT molecular complexity index is 863. The molecule has 0 saturated carbocycles. The number of hydrogen-bond donors (Lipinski definition) is 1. The lowest BCUT2D eigenvalue weighted by molar-refractivity contribution is 0.586. The van der Waals surface area contributed by atoms with Crippen molar-refractivity contribution in [1.82, 2.24) is 19.9 Å². The van der Waals surface area contributed by atoms with Crippen molar-refractivity contribution < 1.29 is 0 Å². The minimum atomic E-state index is 0.943. The molecule has 130 valence electrons. The van der Waals surface area contributed by atoms with E-state index >= 15 is 0 Å². The van der Waals surface area contributed by atoms with Gasteiger partial charge in [0, 0.05) is 38.4 Å². The molecule has 3 aromatic rings. The van der Waals surface area contributed by atoms with Crippen molar-refractivity contribution in [1.29, 1.82) is 0 Å². The third kappa shape index (κ3) is 3.00. The second-order valence-corrected chi connectivity index (χ2v) is 6.73. The first kappa shape index (κ1) is 16.1. The monoisotopic (exact) mass is 335 g/mol. The van der Waals surface area contributed by atoms with E-state index in [1.54, 1.807) is 6.33 Å². The number of fused-ring (bicyclic) bond motifs is 1. The van der Waals surface area contributed by atoms with E-state index < -0.39 is 0 Å². The van der Waals surface area contributed by atoms with Crippen LogP contribution in [0.2, 0.25) is 0 Å². The molecule has 0 radical (unpaired) electrons. The van der Waals surface area contributed by atoms with Gasteiger partial charge in [0.15, 0.2) is 0 Å². The van der Waals surface area contributed by atoms with E-state index in [9.17, 15) is 0 Å². The quantitative estimate of drug-likeness (QED) is 0.796. The van der Waals surface area contributed by atoms with Gasteiger partial charge in [-0.05, 0) is 31.4 Å². The molecule has 1 fully saturated rings. The van der Waals surface area contributed by atoms with E-state index in [1.165, 1.54) is 22.2 Å². The van der Waals surface area contributed by atoms with Gasteiger partial charge in [-0.1, -0.05) is 30.3 Å². The molecule has 1 aromatic carbocycles. The number of piperazine rings is 1. The molecule has 1 saturated heterocycles. The van der Waals surface area contributed by atoms with Gasteiger partial charge in [-0.3, -0.25) is 0 Å². The fourth-order valence-corrected chi connectivity index (χ4v) is 3.73. The third-order valence-corrected chi connectivity index (χ3v) is 5.27. The molecule has 1 aliphatic rings. The van der Waals surface area contributed by atoms with E-state index in [0.717, 1.165) is 50.6 Å². The van der Waals surface area contributed by atoms with E-state index in [2.05, 4.69) is 68.9 Å². The predicted molar refractivity (Wildman–Crippen MR) is 102 cm³/mol. The highest BCUT2D eigenvalue weighted by Gasteiger charge is 2.21. The molecule has 0 unspecified atom stereocenters. The first-order valence-corrected chi connectivity index (χ1v) is 9.05. The van der Waals surface area contributed by atoms with Gasteiger partial charge in [-0.2, -0.15) is 0 Å². The van der Waals surface area contributed by atoms with Crippen LogP contribution in [0.1, 0.15) is 16.8 Å². The van der Waals surface area contributed by atoms with Crippen molar-refractivity contribution in [3.8, 4) is 0 Å². The Morgan fingerprint density at radius 3 is 2.56 bits per heavy atom. The molecule has 0 aliphatic carbocycles. The summed E-state index contributed by atoms with van der Waals surface area (Å²) < 4.78 is 2.35. The number of aryl methyl sites for hydroxylation is 3. The Morgan fingerprint density at radius 2 is 1.80 bits per heavy atom. The van der Waals surface area contributed by atoms with Crippen LogP contribution in [0.15, 0.2) is 36.7 Å². The molecule has 0 bridgehead atoms. The molecule has 3 heterocycles. The molecule has 1 N–H and O–H groups in total. The molecule has 25 heavy (non-hydrogen) atoms. The van der Waals surface area contributed by atoms with Crippen LogP contribution in [-0.2, 0) is 13.0 Å². The summed E-state index contributed by atoms with van der Waals surface area (Å²) in [5.41, 5.74) is 5.02. The summed E-state index contributed by atoms with van der Waals surface area (Å²) in [6.07, 6.45) is 2.73. The van der Waals surface area contributed by atoms with Gasteiger partial charge in [0.25, 0.3) is 0 Å². The average Bonchev–Trinajstić information content (AvgIpc) is 2.92. The fraction of sp³-hybridized carbons (Fsp3) is 0.400. The Labute approximate surface area is 148 Å². The Morgan fingerprint density at radius 1 is 1.04 bits per heavy atom. The first-order valence-electron chi connectivity index (χ1n) is 9.05. The van der Waals surface area contributed by atoms with Crippen LogP contribution in [0.25, 0.3) is 11.0 Å².